The topological polar surface area (TPSA) is 26.3 Å². The van der Waals surface area contributed by atoms with Crippen LogP contribution in [0.2, 0.25) is 0 Å². The number of hydrogen-bond acceptors (Lipinski definition) is 3. The number of esters is 1. The average Bonchev–Trinajstić information content (AvgIpc) is 2.41. The fourth-order valence-electron chi connectivity index (χ4n) is 1.57. The molecule has 0 saturated heterocycles. The Morgan fingerprint density at radius 3 is 2.35 bits per heavy atom. The molecule has 0 spiro atoms. The van der Waals surface area contributed by atoms with Crippen LogP contribution in [0.15, 0.2) is 30.3 Å². The van der Waals surface area contributed by atoms with Gasteiger partial charge in [0.25, 0.3) is 0 Å². The van der Waals surface area contributed by atoms with Gasteiger partial charge >= 0.3 is 11.5 Å². The Hall–Kier alpha value is -1.17. The number of thioether (sulfide) groups is 1. The molecular formula is C14H17F3O2S. The second-order valence-electron chi connectivity index (χ2n) is 4.21. The van der Waals surface area contributed by atoms with E-state index in [1.54, 1.807) is 24.3 Å². The third kappa shape index (κ3) is 8.09. The van der Waals surface area contributed by atoms with E-state index in [9.17, 15) is 18.0 Å². The lowest BCUT2D eigenvalue weighted by molar-refractivity contribution is -0.0328. The zero-order chi connectivity index (χ0) is 14.8. The van der Waals surface area contributed by atoms with E-state index in [1.165, 1.54) is 0 Å². The van der Waals surface area contributed by atoms with Gasteiger partial charge in [0.05, 0.1) is 12.2 Å². The average molecular weight is 306 g/mol. The number of carbonyl (C=O) groups is 1. The molecule has 112 valence electrons. The predicted molar refractivity (Wildman–Crippen MR) is 73.7 cm³/mol. The molecule has 1 rings (SSSR count). The number of carbonyl (C=O) groups excluding carboxylic acids is 1. The van der Waals surface area contributed by atoms with E-state index in [0.29, 0.717) is 31.4 Å². The van der Waals surface area contributed by atoms with Gasteiger partial charge in [0, 0.05) is 5.75 Å². The van der Waals surface area contributed by atoms with Gasteiger partial charge in [-0.3, -0.25) is 0 Å². The molecule has 0 aliphatic carbocycles. The number of unbranched alkanes of at least 4 members (excludes halogenated alkanes) is 3. The molecule has 2 nitrogen and oxygen atoms in total. The molecule has 20 heavy (non-hydrogen) atoms. The third-order valence-corrected chi connectivity index (χ3v) is 3.37. The van der Waals surface area contributed by atoms with E-state index in [1.807, 2.05) is 6.07 Å². The van der Waals surface area contributed by atoms with Gasteiger partial charge in [0.15, 0.2) is 0 Å². The van der Waals surface area contributed by atoms with E-state index >= 15 is 0 Å². The molecule has 6 heteroatoms. The minimum Gasteiger partial charge on any atom is -0.462 e. The zero-order valence-electron chi connectivity index (χ0n) is 11.0. The molecule has 0 N–H and O–H groups in total. The lowest BCUT2D eigenvalue weighted by Crippen LogP contribution is -2.06. The lowest BCUT2D eigenvalue weighted by Gasteiger charge is -2.06. The first kappa shape index (κ1) is 16.9. The molecule has 0 heterocycles. The number of alkyl halides is 3. The van der Waals surface area contributed by atoms with Crippen molar-refractivity contribution in [3.63, 3.8) is 0 Å². The van der Waals surface area contributed by atoms with Crippen LogP contribution in [0.25, 0.3) is 0 Å². The molecule has 0 saturated carbocycles. The van der Waals surface area contributed by atoms with Gasteiger partial charge < -0.3 is 4.74 Å². The van der Waals surface area contributed by atoms with Crippen LogP contribution in [0.1, 0.15) is 36.0 Å². The van der Waals surface area contributed by atoms with Gasteiger partial charge in [-0.05, 0) is 25.0 Å². The first-order chi connectivity index (χ1) is 9.49. The highest BCUT2D eigenvalue weighted by molar-refractivity contribution is 8.00. The van der Waals surface area contributed by atoms with Crippen molar-refractivity contribution in [2.45, 2.75) is 31.2 Å². The summed E-state index contributed by atoms with van der Waals surface area (Å²) in [5, 5.41) is 0. The van der Waals surface area contributed by atoms with E-state index in [4.69, 9.17) is 4.74 Å². The first-order valence-corrected chi connectivity index (χ1v) is 7.40. The summed E-state index contributed by atoms with van der Waals surface area (Å²) in [6.07, 6.45) is 2.68. The summed E-state index contributed by atoms with van der Waals surface area (Å²) in [5.41, 5.74) is -3.63. The monoisotopic (exact) mass is 306 g/mol. The molecule has 1 aromatic rings. The van der Waals surface area contributed by atoms with Crippen molar-refractivity contribution in [1.29, 1.82) is 0 Å². The largest absolute Gasteiger partial charge is 0.462 e. The molecule has 0 aliphatic rings. The van der Waals surface area contributed by atoms with Crippen molar-refractivity contribution in [2.75, 3.05) is 12.4 Å². The summed E-state index contributed by atoms with van der Waals surface area (Å²) in [6.45, 7) is 0.306. The summed E-state index contributed by atoms with van der Waals surface area (Å²) in [7, 11) is 0. The highest BCUT2D eigenvalue weighted by atomic mass is 32.2. The standard InChI is InChI=1S/C14H17F3O2S/c15-14(16,17)20-11-7-2-1-6-10-19-13(18)12-8-4-3-5-9-12/h3-5,8-9H,1-2,6-7,10-11H2. The number of rotatable bonds is 8. The molecule has 0 unspecified atom stereocenters. The van der Waals surface area contributed by atoms with Crippen LogP contribution in [-0.2, 0) is 4.74 Å². The van der Waals surface area contributed by atoms with Gasteiger partial charge in [0.1, 0.15) is 0 Å². The first-order valence-electron chi connectivity index (χ1n) is 6.42. The second kappa shape index (κ2) is 8.89. The predicted octanol–water partition coefficient (Wildman–Crippen LogP) is 4.66. The van der Waals surface area contributed by atoms with Gasteiger partial charge in [-0.15, -0.1) is 0 Å². The second-order valence-corrected chi connectivity index (χ2v) is 5.37. The van der Waals surface area contributed by atoms with Crippen molar-refractivity contribution >= 4 is 17.7 Å². The quantitative estimate of drug-likeness (QED) is 0.516. The number of hydrogen-bond donors (Lipinski definition) is 0. The normalized spacial score (nSPS) is 11.3. The molecule has 0 aromatic heterocycles. The Kier molecular flexibility index (Phi) is 7.51. The third-order valence-electron chi connectivity index (χ3n) is 2.55. The van der Waals surface area contributed by atoms with Crippen LogP contribution in [-0.4, -0.2) is 23.8 Å². The van der Waals surface area contributed by atoms with E-state index < -0.39 is 5.51 Å². The van der Waals surface area contributed by atoms with E-state index in [-0.39, 0.29) is 23.5 Å². The van der Waals surface area contributed by atoms with Crippen molar-refractivity contribution in [1.82, 2.24) is 0 Å². The van der Waals surface area contributed by atoms with Gasteiger partial charge in [0.2, 0.25) is 0 Å². The van der Waals surface area contributed by atoms with Crippen LogP contribution < -0.4 is 0 Å². The van der Waals surface area contributed by atoms with Crippen molar-refractivity contribution in [3.05, 3.63) is 35.9 Å². The summed E-state index contributed by atoms with van der Waals surface area (Å²) in [4.78, 5) is 11.5. The van der Waals surface area contributed by atoms with E-state index in [2.05, 4.69) is 0 Å². The molecule has 0 aliphatic heterocycles. The highest BCUT2D eigenvalue weighted by Crippen LogP contribution is 2.30. The minimum atomic E-state index is -4.13. The molecule has 0 atom stereocenters. The smallest absolute Gasteiger partial charge is 0.441 e. The lowest BCUT2D eigenvalue weighted by atomic mass is 10.2. The summed E-state index contributed by atoms with van der Waals surface area (Å²) >= 11 is 0.0142. The van der Waals surface area contributed by atoms with Crippen LogP contribution in [0, 0.1) is 0 Å². The molecular weight excluding hydrogens is 289 g/mol. The number of ether oxygens (including phenoxy) is 1. The number of halogens is 3. The number of benzene rings is 1. The molecule has 0 amide bonds. The Bertz CT molecular complexity index is 393. The Morgan fingerprint density at radius 1 is 1.05 bits per heavy atom. The maximum atomic E-state index is 11.8. The van der Waals surface area contributed by atoms with Gasteiger partial charge in [-0.25, -0.2) is 4.79 Å². The Labute approximate surface area is 120 Å². The molecule has 1 aromatic carbocycles. The Morgan fingerprint density at radius 2 is 1.70 bits per heavy atom. The van der Waals surface area contributed by atoms with Gasteiger partial charge in [-0.1, -0.05) is 42.8 Å². The van der Waals surface area contributed by atoms with Crippen LogP contribution in [0.5, 0.6) is 0 Å². The van der Waals surface area contributed by atoms with Crippen LogP contribution in [0.4, 0.5) is 13.2 Å². The SMILES string of the molecule is O=C(OCCCCCCSC(F)(F)F)c1ccccc1. The van der Waals surface area contributed by atoms with Crippen LogP contribution in [0.3, 0.4) is 0 Å². The van der Waals surface area contributed by atoms with Gasteiger partial charge in [-0.2, -0.15) is 13.2 Å². The summed E-state index contributed by atoms with van der Waals surface area (Å²) < 4.78 is 40.6. The zero-order valence-corrected chi connectivity index (χ0v) is 11.8. The van der Waals surface area contributed by atoms with Crippen LogP contribution >= 0.6 is 11.8 Å². The maximum absolute atomic E-state index is 11.8. The minimum absolute atomic E-state index is 0.0142. The molecule has 0 fully saturated rings. The molecule has 0 radical (unpaired) electrons. The fraction of sp³-hybridized carbons (Fsp3) is 0.500. The fourth-order valence-corrected chi connectivity index (χ4v) is 2.15. The highest BCUT2D eigenvalue weighted by Gasteiger charge is 2.27. The van der Waals surface area contributed by atoms with Crippen molar-refractivity contribution in [3.8, 4) is 0 Å². The van der Waals surface area contributed by atoms with Crippen molar-refractivity contribution in [2.24, 2.45) is 0 Å². The Balaban J connectivity index is 1.99. The van der Waals surface area contributed by atoms with E-state index in [0.717, 1.165) is 6.42 Å². The molecule has 0 bridgehead atoms. The van der Waals surface area contributed by atoms with Crippen molar-refractivity contribution < 1.29 is 22.7 Å². The summed E-state index contributed by atoms with van der Waals surface area (Å²) in [6, 6.07) is 8.69. The maximum Gasteiger partial charge on any atom is 0.441 e. The summed E-state index contributed by atoms with van der Waals surface area (Å²) in [5.74, 6) is -0.272.